The van der Waals surface area contributed by atoms with Crippen molar-refractivity contribution in [3.63, 3.8) is 0 Å². The van der Waals surface area contributed by atoms with E-state index in [-0.39, 0.29) is 0 Å². The van der Waals surface area contributed by atoms with Crippen LogP contribution < -0.4 is 5.73 Å². The molecule has 43 heavy (non-hydrogen) atoms. The topological polar surface area (TPSA) is 297 Å². The minimum absolute atomic E-state index is 0.367. The van der Waals surface area contributed by atoms with E-state index in [1.54, 1.807) is 24.5 Å². The van der Waals surface area contributed by atoms with E-state index in [0.29, 0.717) is 16.9 Å². The van der Waals surface area contributed by atoms with Crippen LogP contribution in [0, 0.1) is 0 Å². The Bertz CT molecular complexity index is 1410. The van der Waals surface area contributed by atoms with Crippen molar-refractivity contribution >= 4 is 32.5 Å². The van der Waals surface area contributed by atoms with Gasteiger partial charge in [0.1, 0.15) is 54.3 Å². The van der Waals surface area contributed by atoms with Crippen molar-refractivity contribution in [2.45, 2.75) is 81.0 Å². The quantitative estimate of drug-likeness (QED) is 0.126. The molecule has 0 spiro atoms. The van der Waals surface area contributed by atoms with E-state index in [1.165, 1.54) is 12.5 Å². The number of pyridine rings is 1. The number of hydrogen-bond donors (Lipinski definition) is 8. The first kappa shape index (κ1) is 32.7. The summed E-state index contributed by atoms with van der Waals surface area (Å²) in [6.07, 6.45) is -12.7. The van der Waals surface area contributed by atoms with Crippen LogP contribution in [0.3, 0.4) is 0 Å². The van der Waals surface area contributed by atoms with Gasteiger partial charge in [0, 0.05) is 6.20 Å². The highest BCUT2D eigenvalue weighted by Gasteiger charge is 2.57. The Labute approximate surface area is 242 Å². The third-order valence-electron chi connectivity index (χ3n) is 6.91. The summed E-state index contributed by atoms with van der Waals surface area (Å²) in [7, 11) is -11.0. The van der Waals surface area contributed by atoms with Crippen molar-refractivity contribution in [2.24, 2.45) is 0 Å². The molecule has 242 valence electrons. The van der Waals surface area contributed by atoms with Gasteiger partial charge in [0.2, 0.25) is 0 Å². The van der Waals surface area contributed by atoms with Crippen molar-refractivity contribution in [2.75, 3.05) is 18.9 Å². The number of ether oxygens (including phenoxy) is 4. The third-order valence-corrected chi connectivity index (χ3v) is 9.51. The number of imidazole rings is 1. The number of nitrogens with two attached hydrogens (primary N) is 1. The molecule has 3 aliphatic heterocycles. The van der Waals surface area contributed by atoms with E-state index in [0.717, 1.165) is 0 Å². The van der Waals surface area contributed by atoms with Gasteiger partial charge in [-0.3, -0.25) is 13.6 Å². The molecule has 9 N–H and O–H groups in total. The fourth-order valence-corrected chi connectivity index (χ4v) is 7.17. The average molecular weight is 658 g/mol. The number of aliphatic hydroxyl groups is 5. The number of anilines is 1. The van der Waals surface area contributed by atoms with E-state index in [9.17, 15) is 39.3 Å². The number of aliphatic hydroxyl groups excluding tert-OH is 5. The minimum atomic E-state index is -5.61. The van der Waals surface area contributed by atoms with Gasteiger partial charge in [-0.2, -0.15) is 4.31 Å². The largest absolute Gasteiger partial charge is 0.483 e. The standard InChI is InChI=1S/C21H32N4O16P2/c1-21(2)38-16-10(36-19(17(16)39-21)25-7-24-11-8(22)3-4-23-18(11)25)6-35-42(31,32)41-43(33,34)40-20-14(30)12(28)13(29)15(37-20)9(27)5-26/h3-4,7,9-10,12-17,19-20,26-30H,5-6H2,1-2H3,(H2,22,23)(H,31,32)(H,33,34)/t9-,10-,12+,13+,14?,15?,16?,17+,19-,20+/m1/s1. The molecular weight excluding hydrogens is 626 g/mol. The number of nitrogens with zero attached hydrogens (tertiary/aromatic N) is 3. The van der Waals surface area contributed by atoms with Crippen LogP contribution >= 0.6 is 15.6 Å². The lowest BCUT2D eigenvalue weighted by molar-refractivity contribution is -0.292. The summed E-state index contributed by atoms with van der Waals surface area (Å²) in [5.41, 5.74) is 7.11. The molecule has 20 nitrogen and oxygen atoms in total. The van der Waals surface area contributed by atoms with Gasteiger partial charge in [0.15, 0.2) is 24.0 Å². The van der Waals surface area contributed by atoms with Crippen molar-refractivity contribution < 1.29 is 76.8 Å². The summed E-state index contributed by atoms with van der Waals surface area (Å²) in [5, 5.41) is 48.9. The number of nitrogen functional groups attached to an aromatic ring is 1. The SMILES string of the molecule is CC1(C)OC2[C@@H](COP(=O)(O)OP(=O)(O)O[C@@H]3OC([C@H](O)CO)[C@@H](O)[C@H](O)C3O)O[C@@H](n3cnc4c(N)ccnc43)[C@H]2O1. The molecule has 3 fully saturated rings. The van der Waals surface area contributed by atoms with Crippen molar-refractivity contribution in [1.29, 1.82) is 0 Å². The highest BCUT2D eigenvalue weighted by atomic mass is 31.3. The van der Waals surface area contributed by atoms with Gasteiger partial charge in [0.05, 0.1) is 25.2 Å². The first-order chi connectivity index (χ1) is 20.0. The summed E-state index contributed by atoms with van der Waals surface area (Å²) >= 11 is 0. The highest BCUT2D eigenvalue weighted by Crippen LogP contribution is 2.61. The molecule has 0 radical (unpaired) electrons. The van der Waals surface area contributed by atoms with Gasteiger partial charge in [-0.05, 0) is 19.9 Å². The second kappa shape index (κ2) is 11.9. The first-order valence-corrected chi connectivity index (χ1v) is 15.8. The predicted octanol–water partition coefficient (Wildman–Crippen LogP) is -2.16. The normalized spacial score (nSPS) is 37.6. The molecule has 12 atom stereocenters. The molecule has 22 heteroatoms. The zero-order chi connectivity index (χ0) is 31.5. The fraction of sp³-hybridized carbons (Fsp3) is 0.714. The minimum Gasteiger partial charge on any atom is -0.397 e. The first-order valence-electron chi connectivity index (χ1n) is 12.8. The second-order valence-corrected chi connectivity index (χ2v) is 13.5. The van der Waals surface area contributed by atoms with Crippen LogP contribution in [-0.2, 0) is 41.4 Å². The Hall–Kier alpha value is -1.68. The molecule has 5 rings (SSSR count). The number of aromatic nitrogens is 3. The molecule has 2 aromatic rings. The molecule has 0 saturated carbocycles. The van der Waals surface area contributed by atoms with Crippen LogP contribution in [0.4, 0.5) is 5.69 Å². The molecule has 0 bridgehead atoms. The monoisotopic (exact) mass is 658 g/mol. The molecule has 3 aliphatic rings. The highest BCUT2D eigenvalue weighted by molar-refractivity contribution is 7.61. The maximum atomic E-state index is 12.7. The number of phosphoric acid groups is 2. The summed E-state index contributed by atoms with van der Waals surface area (Å²) in [4.78, 5) is 28.8. The van der Waals surface area contributed by atoms with Crippen LogP contribution in [0.15, 0.2) is 18.6 Å². The van der Waals surface area contributed by atoms with E-state index < -0.39 is 96.0 Å². The van der Waals surface area contributed by atoms with Gasteiger partial charge >= 0.3 is 15.6 Å². The summed E-state index contributed by atoms with van der Waals surface area (Å²) in [6.45, 7) is 1.61. The van der Waals surface area contributed by atoms with E-state index >= 15 is 0 Å². The molecule has 0 amide bonds. The molecule has 2 aromatic heterocycles. The smallest absolute Gasteiger partial charge is 0.397 e. The van der Waals surface area contributed by atoms with Crippen molar-refractivity contribution in [3.8, 4) is 0 Å². The van der Waals surface area contributed by atoms with Crippen LogP contribution in [0.2, 0.25) is 0 Å². The van der Waals surface area contributed by atoms with Gasteiger partial charge in [-0.25, -0.2) is 19.1 Å². The van der Waals surface area contributed by atoms with Crippen molar-refractivity contribution in [3.05, 3.63) is 18.6 Å². The van der Waals surface area contributed by atoms with E-state index in [1.807, 2.05) is 0 Å². The molecule has 0 aromatic carbocycles. The van der Waals surface area contributed by atoms with Crippen LogP contribution in [0.5, 0.6) is 0 Å². The van der Waals surface area contributed by atoms with Crippen LogP contribution in [0.1, 0.15) is 20.1 Å². The average Bonchev–Trinajstić information content (AvgIpc) is 3.58. The molecular formula is C21H32N4O16P2. The number of phosphoric ester groups is 2. The maximum Gasteiger partial charge on any atom is 0.483 e. The lowest BCUT2D eigenvalue weighted by Crippen LogP contribution is -2.61. The Morgan fingerprint density at radius 2 is 1.77 bits per heavy atom. The van der Waals surface area contributed by atoms with E-state index in [4.69, 9.17) is 34.3 Å². The van der Waals surface area contributed by atoms with Gasteiger partial charge in [-0.15, -0.1) is 0 Å². The van der Waals surface area contributed by atoms with Crippen LogP contribution in [-0.4, -0.2) is 124 Å². The number of hydrogen-bond acceptors (Lipinski definition) is 17. The number of fused-ring (bicyclic) bond motifs is 2. The Morgan fingerprint density at radius 1 is 1.07 bits per heavy atom. The number of rotatable bonds is 10. The second-order valence-electron chi connectivity index (χ2n) is 10.5. The summed E-state index contributed by atoms with van der Waals surface area (Å²) < 4.78 is 63.5. The molecule has 0 aliphatic carbocycles. The Kier molecular flexibility index (Phi) is 9.07. The van der Waals surface area contributed by atoms with Crippen molar-refractivity contribution in [1.82, 2.24) is 14.5 Å². The van der Waals surface area contributed by atoms with Crippen LogP contribution in [0.25, 0.3) is 11.2 Å². The lowest BCUT2D eigenvalue weighted by atomic mass is 9.96. The Balaban J connectivity index is 1.26. The van der Waals surface area contributed by atoms with Gasteiger partial charge in [0.25, 0.3) is 0 Å². The molecule has 3 saturated heterocycles. The lowest BCUT2D eigenvalue weighted by Gasteiger charge is -2.41. The molecule has 5 unspecified atom stereocenters. The summed E-state index contributed by atoms with van der Waals surface area (Å²) in [5.74, 6) is -1.09. The summed E-state index contributed by atoms with van der Waals surface area (Å²) in [6, 6.07) is 1.57. The predicted molar refractivity (Wildman–Crippen MR) is 137 cm³/mol. The molecule has 5 heterocycles. The zero-order valence-corrected chi connectivity index (χ0v) is 24.3. The van der Waals surface area contributed by atoms with E-state index in [2.05, 4.69) is 18.8 Å². The fourth-order valence-electron chi connectivity index (χ4n) is 5.01. The van der Waals surface area contributed by atoms with Gasteiger partial charge in [-0.1, -0.05) is 0 Å². The van der Waals surface area contributed by atoms with Gasteiger partial charge < -0.3 is 60.0 Å². The maximum absolute atomic E-state index is 12.7. The zero-order valence-electron chi connectivity index (χ0n) is 22.5. The third kappa shape index (κ3) is 6.66. The Morgan fingerprint density at radius 3 is 2.47 bits per heavy atom.